The second-order valence-corrected chi connectivity index (χ2v) is 5.61. The highest BCUT2D eigenvalue weighted by atomic mass is 35.5. The quantitative estimate of drug-likeness (QED) is 0.716. The zero-order valence-corrected chi connectivity index (χ0v) is 14.1. The molecule has 2 rings (SSSR count). The SMILES string of the molecule is CCCNCc1cc(Cl)c(OCc2ccc(F)cc2)c(OC)c1. The highest BCUT2D eigenvalue weighted by Crippen LogP contribution is 2.37. The molecule has 0 bridgehead atoms. The molecular weight excluding hydrogens is 317 g/mol. The summed E-state index contributed by atoms with van der Waals surface area (Å²) in [6, 6.07) is 9.94. The molecule has 0 aromatic heterocycles. The van der Waals surface area contributed by atoms with Crippen LogP contribution in [0.3, 0.4) is 0 Å². The van der Waals surface area contributed by atoms with Crippen molar-refractivity contribution in [3.63, 3.8) is 0 Å². The number of rotatable bonds is 8. The summed E-state index contributed by atoms with van der Waals surface area (Å²) >= 11 is 6.32. The van der Waals surface area contributed by atoms with Crippen LogP contribution in [0.4, 0.5) is 4.39 Å². The van der Waals surface area contributed by atoms with E-state index in [0.29, 0.717) is 23.1 Å². The predicted octanol–water partition coefficient (Wildman–Crippen LogP) is 4.57. The van der Waals surface area contributed by atoms with Gasteiger partial charge >= 0.3 is 0 Å². The third-order valence-electron chi connectivity index (χ3n) is 3.34. The van der Waals surface area contributed by atoms with Gasteiger partial charge in [-0.15, -0.1) is 0 Å². The number of hydrogen-bond acceptors (Lipinski definition) is 3. The van der Waals surface area contributed by atoms with Crippen LogP contribution >= 0.6 is 11.6 Å². The number of benzene rings is 2. The third-order valence-corrected chi connectivity index (χ3v) is 3.62. The van der Waals surface area contributed by atoms with Crippen LogP contribution in [0.1, 0.15) is 24.5 Å². The van der Waals surface area contributed by atoms with Crippen molar-refractivity contribution in [2.24, 2.45) is 0 Å². The van der Waals surface area contributed by atoms with E-state index in [1.807, 2.05) is 12.1 Å². The fourth-order valence-electron chi connectivity index (χ4n) is 2.16. The molecule has 0 aliphatic heterocycles. The summed E-state index contributed by atoms with van der Waals surface area (Å²) in [5.41, 5.74) is 1.90. The predicted molar refractivity (Wildman–Crippen MR) is 90.7 cm³/mol. The van der Waals surface area contributed by atoms with Gasteiger partial charge in [0.2, 0.25) is 0 Å². The molecule has 0 atom stereocenters. The lowest BCUT2D eigenvalue weighted by Crippen LogP contribution is -2.14. The molecule has 0 radical (unpaired) electrons. The van der Waals surface area contributed by atoms with Gasteiger partial charge in [0.1, 0.15) is 12.4 Å². The molecule has 1 N–H and O–H groups in total. The van der Waals surface area contributed by atoms with Crippen molar-refractivity contribution in [2.75, 3.05) is 13.7 Å². The van der Waals surface area contributed by atoms with Gasteiger partial charge in [-0.3, -0.25) is 0 Å². The van der Waals surface area contributed by atoms with E-state index < -0.39 is 0 Å². The maximum absolute atomic E-state index is 12.9. The summed E-state index contributed by atoms with van der Waals surface area (Å²) in [4.78, 5) is 0. The molecule has 124 valence electrons. The zero-order chi connectivity index (χ0) is 16.7. The van der Waals surface area contributed by atoms with Crippen LogP contribution in [-0.2, 0) is 13.2 Å². The molecule has 0 aliphatic rings. The van der Waals surface area contributed by atoms with E-state index in [1.54, 1.807) is 19.2 Å². The molecule has 0 amide bonds. The van der Waals surface area contributed by atoms with Gasteiger partial charge in [0.25, 0.3) is 0 Å². The summed E-state index contributed by atoms with van der Waals surface area (Å²) < 4.78 is 24.1. The number of halogens is 2. The van der Waals surface area contributed by atoms with E-state index in [-0.39, 0.29) is 5.82 Å². The number of ether oxygens (including phenoxy) is 2. The monoisotopic (exact) mass is 337 g/mol. The van der Waals surface area contributed by atoms with Crippen molar-refractivity contribution < 1.29 is 13.9 Å². The Hall–Kier alpha value is -1.78. The van der Waals surface area contributed by atoms with Gasteiger partial charge in [-0.2, -0.15) is 0 Å². The van der Waals surface area contributed by atoms with Gasteiger partial charge in [-0.1, -0.05) is 30.7 Å². The lowest BCUT2D eigenvalue weighted by atomic mass is 10.2. The van der Waals surface area contributed by atoms with Crippen molar-refractivity contribution in [1.29, 1.82) is 0 Å². The molecule has 0 aliphatic carbocycles. The minimum Gasteiger partial charge on any atom is -0.493 e. The number of nitrogens with one attached hydrogen (secondary N) is 1. The first-order chi connectivity index (χ1) is 11.1. The lowest BCUT2D eigenvalue weighted by molar-refractivity contribution is 0.284. The number of hydrogen-bond donors (Lipinski definition) is 1. The Balaban J connectivity index is 2.09. The lowest BCUT2D eigenvalue weighted by Gasteiger charge is -2.14. The molecule has 0 heterocycles. The van der Waals surface area contributed by atoms with Gasteiger partial charge < -0.3 is 14.8 Å². The highest BCUT2D eigenvalue weighted by molar-refractivity contribution is 6.32. The molecule has 0 spiro atoms. The summed E-state index contributed by atoms with van der Waals surface area (Å²) in [6.07, 6.45) is 1.07. The number of methoxy groups -OCH3 is 1. The molecule has 0 saturated heterocycles. The van der Waals surface area contributed by atoms with E-state index in [9.17, 15) is 4.39 Å². The smallest absolute Gasteiger partial charge is 0.180 e. The molecule has 2 aromatic rings. The Morgan fingerprint density at radius 1 is 1.13 bits per heavy atom. The molecule has 0 fully saturated rings. The van der Waals surface area contributed by atoms with E-state index in [2.05, 4.69) is 12.2 Å². The van der Waals surface area contributed by atoms with Crippen LogP contribution < -0.4 is 14.8 Å². The van der Waals surface area contributed by atoms with E-state index in [4.69, 9.17) is 21.1 Å². The summed E-state index contributed by atoms with van der Waals surface area (Å²) in [5.74, 6) is 0.818. The molecular formula is C18H21ClFNO2. The van der Waals surface area contributed by atoms with Crippen molar-refractivity contribution in [3.8, 4) is 11.5 Å². The Morgan fingerprint density at radius 2 is 1.87 bits per heavy atom. The van der Waals surface area contributed by atoms with Gasteiger partial charge in [-0.25, -0.2) is 4.39 Å². The zero-order valence-electron chi connectivity index (χ0n) is 13.4. The summed E-state index contributed by atoms with van der Waals surface area (Å²) in [7, 11) is 1.58. The average Bonchev–Trinajstić information content (AvgIpc) is 2.55. The Labute approximate surface area is 141 Å². The average molecular weight is 338 g/mol. The fourth-order valence-corrected chi connectivity index (χ4v) is 2.45. The molecule has 3 nitrogen and oxygen atoms in total. The van der Waals surface area contributed by atoms with E-state index >= 15 is 0 Å². The van der Waals surface area contributed by atoms with Gasteiger partial charge in [-0.05, 0) is 48.4 Å². The second-order valence-electron chi connectivity index (χ2n) is 5.20. The van der Waals surface area contributed by atoms with Crippen LogP contribution in [0.25, 0.3) is 0 Å². The minimum absolute atomic E-state index is 0.270. The van der Waals surface area contributed by atoms with Crippen LogP contribution in [0, 0.1) is 5.82 Å². The maximum Gasteiger partial charge on any atom is 0.180 e. The second kappa shape index (κ2) is 8.75. The first kappa shape index (κ1) is 17.6. The minimum atomic E-state index is -0.270. The summed E-state index contributed by atoms with van der Waals surface area (Å²) in [5, 5.41) is 3.82. The molecule has 0 saturated carbocycles. The van der Waals surface area contributed by atoms with Crippen molar-refractivity contribution in [1.82, 2.24) is 5.32 Å². The van der Waals surface area contributed by atoms with Gasteiger partial charge in [0.15, 0.2) is 11.5 Å². The normalized spacial score (nSPS) is 10.6. The van der Waals surface area contributed by atoms with Crippen LogP contribution in [0.2, 0.25) is 5.02 Å². The highest BCUT2D eigenvalue weighted by Gasteiger charge is 2.12. The summed E-state index contributed by atoms with van der Waals surface area (Å²) in [6.45, 7) is 4.08. The topological polar surface area (TPSA) is 30.5 Å². The Bertz CT molecular complexity index is 632. The van der Waals surface area contributed by atoms with Crippen LogP contribution in [-0.4, -0.2) is 13.7 Å². The standard InChI is InChI=1S/C18H21ClFNO2/c1-3-8-21-11-14-9-16(19)18(17(10-14)22-2)23-12-13-4-6-15(20)7-5-13/h4-7,9-10,21H,3,8,11-12H2,1-2H3. The molecule has 5 heteroatoms. The fraction of sp³-hybridized carbons (Fsp3) is 0.333. The first-order valence-electron chi connectivity index (χ1n) is 7.58. The van der Waals surface area contributed by atoms with Crippen LogP contribution in [0.5, 0.6) is 11.5 Å². The van der Waals surface area contributed by atoms with E-state index in [1.165, 1.54) is 12.1 Å². The van der Waals surface area contributed by atoms with Crippen molar-refractivity contribution in [3.05, 3.63) is 58.4 Å². The van der Waals surface area contributed by atoms with E-state index in [0.717, 1.165) is 30.6 Å². The largest absolute Gasteiger partial charge is 0.493 e. The maximum atomic E-state index is 12.9. The Morgan fingerprint density at radius 3 is 2.52 bits per heavy atom. The molecule has 23 heavy (non-hydrogen) atoms. The van der Waals surface area contributed by atoms with Crippen molar-refractivity contribution in [2.45, 2.75) is 26.5 Å². The first-order valence-corrected chi connectivity index (χ1v) is 7.96. The van der Waals surface area contributed by atoms with Crippen LogP contribution in [0.15, 0.2) is 36.4 Å². The van der Waals surface area contributed by atoms with Crippen molar-refractivity contribution >= 4 is 11.6 Å². The third kappa shape index (κ3) is 5.12. The molecule has 0 unspecified atom stereocenters. The Kier molecular flexibility index (Phi) is 6.68. The molecule has 2 aromatic carbocycles. The van der Waals surface area contributed by atoms with Gasteiger partial charge in [0.05, 0.1) is 12.1 Å². The van der Waals surface area contributed by atoms with Gasteiger partial charge in [0, 0.05) is 6.54 Å².